The van der Waals surface area contributed by atoms with Crippen LogP contribution in [0.15, 0.2) is 35.4 Å². The minimum atomic E-state index is 0.203. The van der Waals surface area contributed by atoms with Crippen molar-refractivity contribution in [2.75, 3.05) is 19.9 Å². The van der Waals surface area contributed by atoms with Crippen molar-refractivity contribution in [3.05, 3.63) is 41.7 Å². The summed E-state index contributed by atoms with van der Waals surface area (Å²) in [6.45, 7) is 5.04. The van der Waals surface area contributed by atoms with Crippen LogP contribution in [-0.4, -0.2) is 29.7 Å². The van der Waals surface area contributed by atoms with E-state index in [-0.39, 0.29) is 6.04 Å². The lowest BCUT2D eigenvalue weighted by Crippen LogP contribution is -2.23. The molecule has 2 aromatic rings. The van der Waals surface area contributed by atoms with Gasteiger partial charge in [0, 0.05) is 17.2 Å². The molecule has 1 heterocycles. The highest BCUT2D eigenvalue weighted by Crippen LogP contribution is 2.30. The molecule has 4 nitrogen and oxygen atoms in total. The van der Waals surface area contributed by atoms with E-state index < -0.39 is 0 Å². The summed E-state index contributed by atoms with van der Waals surface area (Å²) in [6.07, 6.45) is 1.79. The number of aryl methyl sites for hydroxylation is 2. The molecule has 1 aromatic carbocycles. The molecule has 114 valence electrons. The summed E-state index contributed by atoms with van der Waals surface area (Å²) in [7, 11) is 3.67. The minimum absolute atomic E-state index is 0.203. The number of nitrogens with zero attached hydrogens (tertiary/aromatic N) is 2. The van der Waals surface area contributed by atoms with E-state index in [4.69, 9.17) is 4.74 Å². The largest absolute Gasteiger partial charge is 0.493 e. The van der Waals surface area contributed by atoms with Crippen molar-refractivity contribution in [2.45, 2.75) is 31.3 Å². The van der Waals surface area contributed by atoms with Crippen molar-refractivity contribution >= 4 is 11.8 Å². The van der Waals surface area contributed by atoms with Crippen molar-refractivity contribution in [2.24, 2.45) is 0 Å². The van der Waals surface area contributed by atoms with Gasteiger partial charge in [-0.15, -0.1) is 11.8 Å². The number of benzene rings is 1. The van der Waals surface area contributed by atoms with Crippen molar-refractivity contribution in [3.8, 4) is 5.75 Å². The van der Waals surface area contributed by atoms with Gasteiger partial charge < -0.3 is 10.1 Å². The third kappa shape index (κ3) is 3.80. The number of rotatable bonds is 7. The number of nitrogens with one attached hydrogen (secondary N) is 1. The van der Waals surface area contributed by atoms with Gasteiger partial charge in [-0.25, -0.2) is 0 Å². The Hall–Kier alpha value is -1.46. The number of thioether (sulfide) groups is 1. The molecular weight excluding hydrogens is 282 g/mol. The van der Waals surface area contributed by atoms with Crippen LogP contribution in [0.1, 0.15) is 24.2 Å². The average molecular weight is 305 g/mol. The van der Waals surface area contributed by atoms with Crippen molar-refractivity contribution in [1.82, 2.24) is 15.1 Å². The molecule has 0 aliphatic rings. The summed E-state index contributed by atoms with van der Waals surface area (Å²) in [4.78, 5) is 1.28. The van der Waals surface area contributed by atoms with Gasteiger partial charge in [-0.1, -0.05) is 17.7 Å². The van der Waals surface area contributed by atoms with Gasteiger partial charge in [-0.2, -0.15) is 5.10 Å². The van der Waals surface area contributed by atoms with Crippen LogP contribution in [0.5, 0.6) is 5.75 Å². The number of hydrogen-bond acceptors (Lipinski definition) is 4. The molecule has 1 atom stereocenters. The molecule has 0 saturated heterocycles. The van der Waals surface area contributed by atoms with Crippen molar-refractivity contribution < 1.29 is 4.74 Å². The first-order valence-electron chi connectivity index (χ1n) is 7.16. The molecule has 0 spiro atoms. The standard InChI is InChI=1S/C16H23N3OS/c1-5-19-16(15(20-4)10-18-19)14(17-3)11-21-13-8-6-12(2)7-9-13/h6-10,14,17H,5,11H2,1-4H3. The van der Waals surface area contributed by atoms with Gasteiger partial charge in [0.15, 0.2) is 5.75 Å². The number of aromatic nitrogens is 2. The van der Waals surface area contributed by atoms with Gasteiger partial charge in [-0.05, 0) is 33.0 Å². The predicted molar refractivity (Wildman–Crippen MR) is 88.2 cm³/mol. The smallest absolute Gasteiger partial charge is 0.161 e. The first-order chi connectivity index (χ1) is 10.2. The summed E-state index contributed by atoms with van der Waals surface area (Å²) in [5, 5.41) is 7.76. The molecule has 0 amide bonds. The third-order valence-corrected chi connectivity index (χ3v) is 4.59. The molecule has 21 heavy (non-hydrogen) atoms. The SMILES string of the molecule is CCn1ncc(OC)c1C(CSc1ccc(C)cc1)NC. The van der Waals surface area contributed by atoms with E-state index in [0.29, 0.717) is 0 Å². The Morgan fingerprint density at radius 2 is 2.05 bits per heavy atom. The fourth-order valence-corrected chi connectivity index (χ4v) is 3.26. The van der Waals surface area contributed by atoms with Crippen LogP contribution in [0, 0.1) is 6.92 Å². The summed E-state index contributed by atoms with van der Waals surface area (Å²) < 4.78 is 7.44. The Labute approximate surface area is 130 Å². The van der Waals surface area contributed by atoms with Gasteiger partial charge >= 0.3 is 0 Å². The molecular formula is C16H23N3OS. The van der Waals surface area contributed by atoms with Crippen LogP contribution in [0.4, 0.5) is 0 Å². The molecule has 0 bridgehead atoms. The zero-order chi connectivity index (χ0) is 15.2. The van der Waals surface area contributed by atoms with E-state index in [9.17, 15) is 0 Å². The lowest BCUT2D eigenvalue weighted by atomic mass is 10.2. The molecule has 0 radical (unpaired) electrons. The number of methoxy groups -OCH3 is 1. The Morgan fingerprint density at radius 1 is 1.33 bits per heavy atom. The summed E-state index contributed by atoms with van der Waals surface area (Å²) >= 11 is 1.84. The molecule has 0 fully saturated rings. The van der Waals surface area contributed by atoms with Crippen LogP contribution in [0.2, 0.25) is 0 Å². The van der Waals surface area contributed by atoms with Gasteiger partial charge in [0.2, 0.25) is 0 Å². The fraction of sp³-hybridized carbons (Fsp3) is 0.438. The van der Waals surface area contributed by atoms with E-state index >= 15 is 0 Å². The molecule has 2 rings (SSSR count). The molecule has 0 aliphatic carbocycles. The zero-order valence-electron chi connectivity index (χ0n) is 13.1. The van der Waals surface area contributed by atoms with Crippen LogP contribution in [-0.2, 0) is 6.54 Å². The van der Waals surface area contributed by atoms with Crippen LogP contribution < -0.4 is 10.1 Å². The van der Waals surface area contributed by atoms with Gasteiger partial charge in [0.05, 0.1) is 25.0 Å². The maximum atomic E-state index is 5.45. The normalized spacial score (nSPS) is 12.4. The minimum Gasteiger partial charge on any atom is -0.493 e. The number of hydrogen-bond donors (Lipinski definition) is 1. The van der Waals surface area contributed by atoms with Crippen LogP contribution >= 0.6 is 11.8 Å². The van der Waals surface area contributed by atoms with Gasteiger partial charge in [0.1, 0.15) is 0 Å². The summed E-state index contributed by atoms with van der Waals surface area (Å²) in [5.41, 5.74) is 2.40. The van der Waals surface area contributed by atoms with Gasteiger partial charge in [-0.3, -0.25) is 4.68 Å². The topological polar surface area (TPSA) is 39.1 Å². The van der Waals surface area contributed by atoms with E-state index in [1.54, 1.807) is 13.3 Å². The zero-order valence-corrected chi connectivity index (χ0v) is 13.9. The van der Waals surface area contributed by atoms with E-state index in [0.717, 1.165) is 23.7 Å². The monoisotopic (exact) mass is 305 g/mol. The average Bonchev–Trinajstić information content (AvgIpc) is 2.93. The highest BCUT2D eigenvalue weighted by molar-refractivity contribution is 7.99. The summed E-state index contributed by atoms with van der Waals surface area (Å²) in [5.74, 6) is 1.78. The van der Waals surface area contributed by atoms with E-state index in [1.165, 1.54) is 10.5 Å². The van der Waals surface area contributed by atoms with Crippen molar-refractivity contribution in [1.29, 1.82) is 0 Å². The first-order valence-corrected chi connectivity index (χ1v) is 8.14. The second kappa shape index (κ2) is 7.52. The molecule has 1 aromatic heterocycles. The first kappa shape index (κ1) is 15.9. The lowest BCUT2D eigenvalue weighted by Gasteiger charge is -2.18. The highest BCUT2D eigenvalue weighted by atomic mass is 32.2. The van der Waals surface area contributed by atoms with Crippen molar-refractivity contribution in [3.63, 3.8) is 0 Å². The van der Waals surface area contributed by atoms with E-state index in [1.807, 2.05) is 23.5 Å². The fourth-order valence-electron chi connectivity index (χ4n) is 2.25. The summed E-state index contributed by atoms with van der Waals surface area (Å²) in [6, 6.07) is 8.83. The maximum Gasteiger partial charge on any atom is 0.161 e. The van der Waals surface area contributed by atoms with E-state index in [2.05, 4.69) is 48.5 Å². The van der Waals surface area contributed by atoms with Gasteiger partial charge in [0.25, 0.3) is 0 Å². The molecule has 1 unspecified atom stereocenters. The third-order valence-electron chi connectivity index (χ3n) is 3.48. The maximum absolute atomic E-state index is 5.45. The Bertz CT molecular complexity index is 544. The molecule has 0 aliphatic heterocycles. The van der Waals surface area contributed by atoms with Crippen LogP contribution in [0.25, 0.3) is 0 Å². The quantitative estimate of drug-likeness (QED) is 0.797. The molecule has 0 saturated carbocycles. The molecule has 5 heteroatoms. The molecule has 1 N–H and O–H groups in total. The second-order valence-electron chi connectivity index (χ2n) is 4.88. The Balaban J connectivity index is 2.12. The van der Waals surface area contributed by atoms with Crippen LogP contribution in [0.3, 0.4) is 0 Å². The highest BCUT2D eigenvalue weighted by Gasteiger charge is 2.20. The second-order valence-corrected chi connectivity index (χ2v) is 5.97. The lowest BCUT2D eigenvalue weighted by molar-refractivity contribution is 0.399. The number of ether oxygens (including phenoxy) is 1. The Kier molecular flexibility index (Phi) is 5.70. The Morgan fingerprint density at radius 3 is 2.62 bits per heavy atom. The predicted octanol–water partition coefficient (Wildman–Crippen LogP) is 3.27.